The van der Waals surface area contributed by atoms with E-state index in [1.807, 2.05) is 0 Å². The van der Waals surface area contributed by atoms with E-state index < -0.39 is 6.10 Å². The van der Waals surface area contributed by atoms with Crippen LogP contribution < -0.4 is 5.56 Å². The van der Waals surface area contributed by atoms with Crippen molar-refractivity contribution in [2.24, 2.45) is 0 Å². The molecule has 1 aromatic heterocycles. The molecule has 0 aliphatic heterocycles. The molecule has 0 radical (unpaired) electrons. The van der Waals surface area contributed by atoms with Crippen LogP contribution in [0.4, 0.5) is 0 Å². The molecule has 0 aliphatic carbocycles. The molecule has 0 amide bonds. The second kappa shape index (κ2) is 2.70. The van der Waals surface area contributed by atoms with E-state index in [-0.39, 0.29) is 5.56 Å². The van der Waals surface area contributed by atoms with Gasteiger partial charge in [0.25, 0.3) is 5.56 Å². The first kappa shape index (κ1) is 7.08. The van der Waals surface area contributed by atoms with Crippen LogP contribution in [-0.4, -0.2) is 21.0 Å². The molecule has 4 nitrogen and oxygen atoms in total. The Morgan fingerprint density at radius 1 is 1.90 bits per heavy atom. The SMILES string of the molecule is CC(O)Cn1ccc(=O)[nH]1. The smallest absolute Gasteiger partial charge is 0.264 e. The molecular weight excluding hydrogens is 132 g/mol. The van der Waals surface area contributed by atoms with Gasteiger partial charge in [0, 0.05) is 12.3 Å². The van der Waals surface area contributed by atoms with Gasteiger partial charge in [0.2, 0.25) is 0 Å². The van der Waals surface area contributed by atoms with Crippen molar-refractivity contribution in [2.75, 3.05) is 0 Å². The fourth-order valence-electron chi connectivity index (χ4n) is 0.765. The third-order valence-corrected chi connectivity index (χ3v) is 1.12. The van der Waals surface area contributed by atoms with Crippen LogP contribution in [0.25, 0.3) is 0 Å². The normalized spacial score (nSPS) is 13.4. The Labute approximate surface area is 58.1 Å². The summed E-state index contributed by atoms with van der Waals surface area (Å²) in [5, 5.41) is 11.4. The minimum absolute atomic E-state index is 0.138. The lowest BCUT2D eigenvalue weighted by Crippen LogP contribution is -2.14. The lowest BCUT2D eigenvalue weighted by Gasteiger charge is -2.03. The molecule has 0 saturated heterocycles. The molecule has 0 aromatic carbocycles. The highest BCUT2D eigenvalue weighted by Crippen LogP contribution is 1.85. The summed E-state index contributed by atoms with van der Waals surface area (Å²) in [6, 6.07) is 1.42. The number of nitrogens with zero attached hydrogens (tertiary/aromatic N) is 1. The number of nitrogens with one attached hydrogen (secondary N) is 1. The first-order valence-corrected chi connectivity index (χ1v) is 3.12. The molecule has 1 aromatic rings. The van der Waals surface area contributed by atoms with Crippen LogP contribution in [0, 0.1) is 0 Å². The zero-order chi connectivity index (χ0) is 7.56. The van der Waals surface area contributed by atoms with Gasteiger partial charge in [-0.1, -0.05) is 0 Å². The Balaban J connectivity index is 2.67. The molecule has 56 valence electrons. The van der Waals surface area contributed by atoms with Crippen molar-refractivity contribution in [2.45, 2.75) is 19.6 Å². The maximum Gasteiger partial charge on any atom is 0.264 e. The Morgan fingerprint density at radius 3 is 3.00 bits per heavy atom. The molecule has 1 rings (SSSR count). The number of aromatic amines is 1. The van der Waals surface area contributed by atoms with Gasteiger partial charge in [-0.25, -0.2) is 0 Å². The van der Waals surface area contributed by atoms with Crippen molar-refractivity contribution in [1.29, 1.82) is 0 Å². The van der Waals surface area contributed by atoms with Gasteiger partial charge in [0.05, 0.1) is 12.6 Å². The average Bonchev–Trinajstić information content (AvgIpc) is 2.13. The van der Waals surface area contributed by atoms with Gasteiger partial charge < -0.3 is 5.11 Å². The summed E-state index contributed by atoms with van der Waals surface area (Å²) in [4.78, 5) is 10.5. The van der Waals surface area contributed by atoms with Crippen molar-refractivity contribution in [3.63, 3.8) is 0 Å². The second-order valence-corrected chi connectivity index (χ2v) is 2.29. The van der Waals surface area contributed by atoms with Crippen LogP contribution in [0.2, 0.25) is 0 Å². The molecule has 0 saturated carbocycles. The molecule has 1 heterocycles. The average molecular weight is 142 g/mol. The lowest BCUT2D eigenvalue weighted by atomic mass is 10.4. The van der Waals surface area contributed by atoms with Gasteiger partial charge in [0.1, 0.15) is 0 Å². The summed E-state index contributed by atoms with van der Waals surface area (Å²) in [6.07, 6.45) is 1.18. The van der Waals surface area contributed by atoms with Crippen LogP contribution in [0.15, 0.2) is 17.1 Å². The summed E-state index contributed by atoms with van der Waals surface area (Å²) < 4.78 is 1.55. The van der Waals surface area contributed by atoms with Crippen molar-refractivity contribution in [1.82, 2.24) is 9.78 Å². The first-order chi connectivity index (χ1) is 4.68. The minimum Gasteiger partial charge on any atom is -0.391 e. The summed E-state index contributed by atoms with van der Waals surface area (Å²) >= 11 is 0. The summed E-state index contributed by atoms with van der Waals surface area (Å²) in [5.74, 6) is 0. The molecule has 1 unspecified atom stereocenters. The largest absolute Gasteiger partial charge is 0.391 e. The van der Waals surface area contributed by atoms with Crippen molar-refractivity contribution in [3.05, 3.63) is 22.6 Å². The van der Waals surface area contributed by atoms with E-state index in [0.717, 1.165) is 0 Å². The monoisotopic (exact) mass is 142 g/mol. The second-order valence-electron chi connectivity index (χ2n) is 2.29. The summed E-state index contributed by atoms with van der Waals surface area (Å²) in [6.45, 7) is 2.10. The van der Waals surface area contributed by atoms with Gasteiger partial charge in [-0.05, 0) is 6.92 Å². The highest BCUT2D eigenvalue weighted by Gasteiger charge is 1.96. The number of rotatable bonds is 2. The molecule has 0 aliphatic rings. The highest BCUT2D eigenvalue weighted by atomic mass is 16.3. The van der Waals surface area contributed by atoms with Gasteiger partial charge in [-0.15, -0.1) is 0 Å². The molecule has 10 heavy (non-hydrogen) atoms. The molecule has 2 N–H and O–H groups in total. The van der Waals surface area contributed by atoms with E-state index in [0.29, 0.717) is 6.54 Å². The number of aromatic nitrogens is 2. The molecule has 0 spiro atoms. The van der Waals surface area contributed by atoms with E-state index in [2.05, 4.69) is 5.10 Å². The Bertz CT molecular complexity index is 248. The maximum atomic E-state index is 10.5. The van der Waals surface area contributed by atoms with Crippen LogP contribution in [0.1, 0.15) is 6.92 Å². The molecule has 1 atom stereocenters. The van der Waals surface area contributed by atoms with Crippen LogP contribution in [0.5, 0.6) is 0 Å². The van der Waals surface area contributed by atoms with E-state index in [4.69, 9.17) is 5.11 Å². The highest BCUT2D eigenvalue weighted by molar-refractivity contribution is 4.79. The van der Waals surface area contributed by atoms with Gasteiger partial charge in [0.15, 0.2) is 0 Å². The third kappa shape index (κ3) is 1.73. The van der Waals surface area contributed by atoms with Crippen molar-refractivity contribution in [3.8, 4) is 0 Å². The molecule has 0 fully saturated rings. The molecule has 4 heteroatoms. The van der Waals surface area contributed by atoms with Gasteiger partial charge >= 0.3 is 0 Å². The third-order valence-electron chi connectivity index (χ3n) is 1.12. The summed E-state index contributed by atoms with van der Waals surface area (Å²) in [7, 11) is 0. The number of aliphatic hydroxyl groups is 1. The maximum absolute atomic E-state index is 10.5. The predicted octanol–water partition coefficient (Wildman–Crippen LogP) is -0.443. The van der Waals surface area contributed by atoms with E-state index >= 15 is 0 Å². The van der Waals surface area contributed by atoms with Gasteiger partial charge in [-0.3, -0.25) is 14.6 Å². The molecule has 0 bridgehead atoms. The first-order valence-electron chi connectivity index (χ1n) is 3.12. The van der Waals surface area contributed by atoms with Crippen LogP contribution >= 0.6 is 0 Å². The Hall–Kier alpha value is -1.03. The zero-order valence-corrected chi connectivity index (χ0v) is 5.74. The fourth-order valence-corrected chi connectivity index (χ4v) is 0.765. The van der Waals surface area contributed by atoms with E-state index in [1.165, 1.54) is 6.07 Å². The van der Waals surface area contributed by atoms with E-state index in [1.54, 1.807) is 17.8 Å². The lowest BCUT2D eigenvalue weighted by molar-refractivity contribution is 0.168. The van der Waals surface area contributed by atoms with Crippen LogP contribution in [-0.2, 0) is 6.54 Å². The fraction of sp³-hybridized carbons (Fsp3) is 0.500. The number of hydrogen-bond donors (Lipinski definition) is 2. The Kier molecular flexibility index (Phi) is 1.91. The molecular formula is C6H10N2O2. The van der Waals surface area contributed by atoms with Gasteiger partial charge in [-0.2, -0.15) is 0 Å². The topological polar surface area (TPSA) is 58.0 Å². The standard InChI is InChI=1S/C6H10N2O2/c1-5(9)4-8-3-2-6(10)7-8/h2-3,5,9H,4H2,1H3,(H,7,10). The zero-order valence-electron chi connectivity index (χ0n) is 5.74. The quantitative estimate of drug-likeness (QED) is 0.588. The number of hydrogen-bond acceptors (Lipinski definition) is 2. The predicted molar refractivity (Wildman–Crippen MR) is 36.7 cm³/mol. The Morgan fingerprint density at radius 2 is 2.60 bits per heavy atom. The minimum atomic E-state index is -0.428. The number of aliphatic hydroxyl groups excluding tert-OH is 1. The van der Waals surface area contributed by atoms with Crippen LogP contribution in [0.3, 0.4) is 0 Å². The van der Waals surface area contributed by atoms with E-state index in [9.17, 15) is 4.79 Å². The number of H-pyrrole nitrogens is 1. The van der Waals surface area contributed by atoms with Crippen molar-refractivity contribution >= 4 is 0 Å². The van der Waals surface area contributed by atoms with Crippen molar-refractivity contribution < 1.29 is 5.11 Å². The summed E-state index contributed by atoms with van der Waals surface area (Å²) in [5.41, 5.74) is -0.138.